The molecule has 26 heavy (non-hydrogen) atoms. The second-order valence-corrected chi connectivity index (χ2v) is 5.59. The van der Waals surface area contributed by atoms with E-state index in [1.165, 1.54) is 24.7 Å². The molecule has 0 atom stereocenters. The SMILES string of the molecule is NC(=O)c1cnc(Cc2ccncn2)cc1NCc1cc(F)cc(F)c1. The van der Waals surface area contributed by atoms with Crippen LogP contribution < -0.4 is 11.1 Å². The number of amides is 1. The number of halogens is 2. The van der Waals surface area contributed by atoms with Gasteiger partial charge < -0.3 is 11.1 Å². The summed E-state index contributed by atoms with van der Waals surface area (Å²) in [5, 5.41) is 2.98. The van der Waals surface area contributed by atoms with Gasteiger partial charge in [-0.15, -0.1) is 0 Å². The van der Waals surface area contributed by atoms with Crippen molar-refractivity contribution in [3.8, 4) is 0 Å². The minimum Gasteiger partial charge on any atom is -0.380 e. The molecule has 0 spiro atoms. The quantitative estimate of drug-likeness (QED) is 0.708. The van der Waals surface area contributed by atoms with Crippen molar-refractivity contribution in [1.29, 1.82) is 0 Å². The molecule has 2 aromatic heterocycles. The number of nitrogens with one attached hydrogen (secondary N) is 1. The molecular formula is C18H15F2N5O. The van der Waals surface area contributed by atoms with Crippen LogP contribution in [0.5, 0.6) is 0 Å². The van der Waals surface area contributed by atoms with Gasteiger partial charge in [-0.05, 0) is 29.8 Å². The summed E-state index contributed by atoms with van der Waals surface area (Å²) < 4.78 is 26.6. The first-order valence-corrected chi connectivity index (χ1v) is 7.74. The second kappa shape index (κ2) is 7.64. The molecule has 3 rings (SSSR count). The molecule has 0 saturated heterocycles. The summed E-state index contributed by atoms with van der Waals surface area (Å²) in [4.78, 5) is 23.8. The zero-order valence-corrected chi connectivity index (χ0v) is 13.6. The largest absolute Gasteiger partial charge is 0.380 e. The Bertz CT molecular complexity index is 914. The van der Waals surface area contributed by atoms with Crippen molar-refractivity contribution in [1.82, 2.24) is 15.0 Å². The second-order valence-electron chi connectivity index (χ2n) is 5.59. The van der Waals surface area contributed by atoms with Crippen LogP contribution in [0, 0.1) is 11.6 Å². The first-order valence-electron chi connectivity index (χ1n) is 7.74. The van der Waals surface area contributed by atoms with Crippen LogP contribution in [-0.2, 0) is 13.0 Å². The van der Waals surface area contributed by atoms with Crippen molar-refractivity contribution in [3.05, 3.63) is 83.2 Å². The maximum absolute atomic E-state index is 13.3. The number of anilines is 1. The molecule has 1 amide bonds. The number of primary amides is 1. The van der Waals surface area contributed by atoms with Crippen molar-refractivity contribution in [2.75, 3.05) is 5.32 Å². The zero-order valence-electron chi connectivity index (χ0n) is 13.6. The van der Waals surface area contributed by atoms with E-state index in [-0.39, 0.29) is 12.1 Å². The summed E-state index contributed by atoms with van der Waals surface area (Å²) in [7, 11) is 0. The first kappa shape index (κ1) is 17.4. The van der Waals surface area contributed by atoms with Gasteiger partial charge >= 0.3 is 0 Å². The smallest absolute Gasteiger partial charge is 0.252 e. The van der Waals surface area contributed by atoms with Crippen molar-refractivity contribution >= 4 is 11.6 Å². The summed E-state index contributed by atoms with van der Waals surface area (Å²) in [5.74, 6) is -1.99. The molecule has 0 aliphatic carbocycles. The maximum Gasteiger partial charge on any atom is 0.252 e. The van der Waals surface area contributed by atoms with E-state index in [4.69, 9.17) is 5.73 Å². The third-order valence-electron chi connectivity index (χ3n) is 3.64. The number of carbonyl (C=O) groups excluding carboxylic acids is 1. The van der Waals surface area contributed by atoms with Crippen LogP contribution in [0.4, 0.5) is 14.5 Å². The van der Waals surface area contributed by atoms with Crippen LogP contribution in [0.3, 0.4) is 0 Å². The molecule has 0 aliphatic rings. The predicted molar refractivity (Wildman–Crippen MR) is 91.3 cm³/mol. The van der Waals surface area contributed by atoms with E-state index in [1.807, 2.05) is 0 Å². The third kappa shape index (κ3) is 4.35. The van der Waals surface area contributed by atoms with Gasteiger partial charge in [-0.3, -0.25) is 9.78 Å². The highest BCUT2D eigenvalue weighted by Crippen LogP contribution is 2.19. The Labute approximate surface area is 148 Å². The van der Waals surface area contributed by atoms with Gasteiger partial charge in [0.25, 0.3) is 5.91 Å². The highest BCUT2D eigenvalue weighted by molar-refractivity contribution is 5.98. The Morgan fingerprint density at radius 3 is 2.50 bits per heavy atom. The van der Waals surface area contributed by atoms with Gasteiger partial charge in [-0.1, -0.05) is 0 Å². The summed E-state index contributed by atoms with van der Waals surface area (Å²) >= 11 is 0. The Morgan fingerprint density at radius 2 is 1.85 bits per heavy atom. The number of aromatic nitrogens is 3. The molecule has 3 aromatic rings. The van der Waals surface area contributed by atoms with Crippen molar-refractivity contribution < 1.29 is 13.6 Å². The molecule has 0 aliphatic heterocycles. The molecule has 0 bridgehead atoms. The topological polar surface area (TPSA) is 93.8 Å². The number of rotatable bonds is 6. The lowest BCUT2D eigenvalue weighted by molar-refractivity contribution is 0.100. The van der Waals surface area contributed by atoms with Crippen LogP contribution in [-0.4, -0.2) is 20.9 Å². The van der Waals surface area contributed by atoms with E-state index in [0.29, 0.717) is 23.4 Å². The normalized spacial score (nSPS) is 10.5. The van der Waals surface area contributed by atoms with Gasteiger partial charge in [0.15, 0.2) is 0 Å². The molecule has 8 heteroatoms. The zero-order chi connectivity index (χ0) is 18.5. The van der Waals surface area contributed by atoms with E-state index in [0.717, 1.165) is 11.8 Å². The molecule has 0 saturated carbocycles. The summed E-state index contributed by atoms with van der Waals surface area (Å²) in [6.07, 6.45) is 4.86. The summed E-state index contributed by atoms with van der Waals surface area (Å²) in [6, 6.07) is 6.64. The van der Waals surface area contributed by atoms with Gasteiger partial charge in [0, 0.05) is 42.8 Å². The number of nitrogens with two attached hydrogens (primary N) is 1. The van der Waals surface area contributed by atoms with E-state index in [9.17, 15) is 13.6 Å². The predicted octanol–water partition coefficient (Wildman–Crippen LogP) is 2.45. The standard InChI is InChI=1S/C18H15F2N5O/c19-12-3-11(4-13(20)5-12)8-24-17-7-15(23-9-16(17)18(21)26)6-14-1-2-22-10-25-14/h1-5,7,9-10H,6,8H2,(H2,21,26)(H,23,24). The van der Waals surface area contributed by atoms with E-state index in [2.05, 4.69) is 20.3 Å². The molecule has 0 radical (unpaired) electrons. The summed E-state index contributed by atoms with van der Waals surface area (Å²) in [6.45, 7) is 0.117. The van der Waals surface area contributed by atoms with E-state index >= 15 is 0 Å². The van der Waals surface area contributed by atoms with Gasteiger partial charge in [0.1, 0.15) is 18.0 Å². The molecule has 132 valence electrons. The molecule has 0 unspecified atom stereocenters. The van der Waals surface area contributed by atoms with Crippen molar-refractivity contribution in [2.45, 2.75) is 13.0 Å². The number of hydrogen-bond donors (Lipinski definition) is 2. The van der Waals surface area contributed by atoms with Crippen LogP contribution in [0.15, 0.2) is 49.1 Å². The molecular weight excluding hydrogens is 340 g/mol. The lowest BCUT2D eigenvalue weighted by Gasteiger charge is -2.12. The van der Waals surface area contributed by atoms with Gasteiger partial charge in [-0.25, -0.2) is 18.7 Å². The molecule has 3 N–H and O–H groups in total. The van der Waals surface area contributed by atoms with Crippen LogP contribution in [0.1, 0.15) is 27.3 Å². The average molecular weight is 355 g/mol. The monoisotopic (exact) mass is 355 g/mol. The van der Waals surface area contributed by atoms with Crippen LogP contribution in [0.2, 0.25) is 0 Å². The number of benzene rings is 1. The number of pyridine rings is 1. The van der Waals surface area contributed by atoms with E-state index in [1.54, 1.807) is 18.3 Å². The fourth-order valence-electron chi connectivity index (χ4n) is 2.46. The molecule has 2 heterocycles. The van der Waals surface area contributed by atoms with Crippen LogP contribution in [0.25, 0.3) is 0 Å². The average Bonchev–Trinajstić information content (AvgIpc) is 2.60. The molecule has 0 fully saturated rings. The number of hydrogen-bond acceptors (Lipinski definition) is 5. The van der Waals surface area contributed by atoms with E-state index < -0.39 is 17.5 Å². The van der Waals surface area contributed by atoms with Crippen molar-refractivity contribution in [3.63, 3.8) is 0 Å². The number of carbonyl (C=O) groups is 1. The Balaban J connectivity index is 1.83. The highest BCUT2D eigenvalue weighted by Gasteiger charge is 2.11. The minimum absolute atomic E-state index is 0.117. The lowest BCUT2D eigenvalue weighted by Crippen LogP contribution is -2.15. The molecule has 1 aromatic carbocycles. The van der Waals surface area contributed by atoms with Crippen molar-refractivity contribution in [2.24, 2.45) is 5.73 Å². The fourth-order valence-corrected chi connectivity index (χ4v) is 2.46. The van der Waals surface area contributed by atoms with Gasteiger partial charge in [0.05, 0.1) is 11.3 Å². The Morgan fingerprint density at radius 1 is 1.08 bits per heavy atom. The number of nitrogens with zero attached hydrogens (tertiary/aromatic N) is 3. The highest BCUT2D eigenvalue weighted by atomic mass is 19.1. The summed E-state index contributed by atoms with van der Waals surface area (Å²) in [5.41, 5.74) is 7.81. The Hall–Kier alpha value is -3.42. The van der Waals surface area contributed by atoms with Gasteiger partial charge in [0.2, 0.25) is 0 Å². The third-order valence-corrected chi connectivity index (χ3v) is 3.64. The minimum atomic E-state index is -0.670. The maximum atomic E-state index is 13.3. The molecule has 6 nitrogen and oxygen atoms in total. The van der Waals surface area contributed by atoms with Crippen LogP contribution >= 0.6 is 0 Å². The lowest BCUT2D eigenvalue weighted by atomic mass is 10.1. The Kier molecular flexibility index (Phi) is 5.12. The fraction of sp³-hybridized carbons (Fsp3) is 0.111. The van der Waals surface area contributed by atoms with Gasteiger partial charge in [-0.2, -0.15) is 0 Å². The first-order chi connectivity index (χ1) is 12.5.